The van der Waals surface area contributed by atoms with E-state index in [0.29, 0.717) is 11.3 Å². The van der Waals surface area contributed by atoms with Gasteiger partial charge in [0.1, 0.15) is 0 Å². The largest absolute Gasteiger partial charge is 0.478 e. The van der Waals surface area contributed by atoms with Gasteiger partial charge in [0.25, 0.3) is 0 Å². The Bertz CT molecular complexity index is 769. The van der Waals surface area contributed by atoms with Crippen LogP contribution in [-0.4, -0.2) is 25.8 Å². The monoisotopic (exact) mass is 339 g/mol. The lowest BCUT2D eigenvalue weighted by Gasteiger charge is -2.16. The molecule has 24 heavy (non-hydrogen) atoms. The number of nitrogens with zero attached hydrogens (tertiary/aromatic N) is 3. The molecule has 2 heterocycles. The van der Waals surface area contributed by atoms with Gasteiger partial charge >= 0.3 is 12.1 Å². The molecule has 2 rings (SSSR count). The van der Waals surface area contributed by atoms with Crippen molar-refractivity contribution in [3.8, 4) is 5.82 Å². The highest BCUT2D eigenvalue weighted by Crippen LogP contribution is 2.29. The third kappa shape index (κ3) is 4.01. The van der Waals surface area contributed by atoms with Gasteiger partial charge in [-0.25, -0.2) is 14.5 Å². The van der Waals surface area contributed by atoms with Crippen LogP contribution in [0.4, 0.5) is 13.2 Å². The second-order valence-corrected chi connectivity index (χ2v) is 6.20. The molecule has 0 amide bonds. The highest BCUT2D eigenvalue weighted by Gasteiger charge is 2.31. The van der Waals surface area contributed by atoms with Crippen molar-refractivity contribution in [3.63, 3.8) is 0 Å². The van der Waals surface area contributed by atoms with Gasteiger partial charge in [-0.15, -0.1) is 0 Å². The summed E-state index contributed by atoms with van der Waals surface area (Å²) in [4.78, 5) is 14.5. The molecule has 0 aliphatic carbocycles. The summed E-state index contributed by atoms with van der Waals surface area (Å²) in [5.74, 6) is -0.890. The van der Waals surface area contributed by atoms with Crippen LogP contribution < -0.4 is 0 Å². The van der Waals surface area contributed by atoms with Gasteiger partial charge in [-0.1, -0.05) is 20.8 Å². The zero-order chi connectivity index (χ0) is 18.1. The van der Waals surface area contributed by atoms with Crippen LogP contribution in [0.1, 0.15) is 37.6 Å². The summed E-state index contributed by atoms with van der Waals surface area (Å²) in [6.07, 6.45) is 0.199. The van der Waals surface area contributed by atoms with Gasteiger partial charge in [-0.05, 0) is 18.2 Å². The van der Waals surface area contributed by atoms with Crippen molar-refractivity contribution in [1.82, 2.24) is 14.8 Å². The molecule has 128 valence electrons. The number of carbonyl (C=O) groups is 1. The predicted molar refractivity (Wildman–Crippen MR) is 81.7 cm³/mol. The maximum atomic E-state index is 12.6. The molecule has 1 N–H and O–H groups in total. The lowest BCUT2D eigenvalue weighted by atomic mass is 9.89. The van der Waals surface area contributed by atoms with E-state index in [1.165, 1.54) is 23.0 Å². The number of carboxylic acid groups (broad SMARTS) is 1. The number of aliphatic carboxylic acids is 1. The first kappa shape index (κ1) is 17.7. The third-order valence-corrected chi connectivity index (χ3v) is 3.17. The van der Waals surface area contributed by atoms with Gasteiger partial charge in [-0.2, -0.15) is 18.3 Å². The normalized spacial score (nSPS) is 12.8. The van der Waals surface area contributed by atoms with Crippen LogP contribution in [0.15, 0.2) is 30.6 Å². The molecule has 0 aliphatic heterocycles. The number of halogens is 3. The summed E-state index contributed by atoms with van der Waals surface area (Å²) in [6.45, 7) is 5.70. The number of rotatable bonds is 3. The average Bonchev–Trinajstić information content (AvgIpc) is 2.88. The van der Waals surface area contributed by atoms with Crippen LogP contribution in [0.25, 0.3) is 11.9 Å². The minimum Gasteiger partial charge on any atom is -0.478 e. The van der Waals surface area contributed by atoms with Gasteiger partial charge in [0, 0.05) is 29.4 Å². The molecule has 0 spiro atoms. The second-order valence-electron chi connectivity index (χ2n) is 6.20. The Morgan fingerprint density at radius 3 is 2.38 bits per heavy atom. The molecule has 0 aromatic carbocycles. The fourth-order valence-corrected chi connectivity index (χ4v) is 2.06. The van der Waals surface area contributed by atoms with Crippen LogP contribution in [0.3, 0.4) is 0 Å². The molecule has 8 heteroatoms. The molecular formula is C16H16F3N3O2. The van der Waals surface area contributed by atoms with Crippen LogP contribution in [0, 0.1) is 0 Å². The van der Waals surface area contributed by atoms with Crippen molar-refractivity contribution in [2.45, 2.75) is 32.4 Å². The summed E-state index contributed by atoms with van der Waals surface area (Å²) in [5.41, 5.74) is -0.0521. The van der Waals surface area contributed by atoms with E-state index >= 15 is 0 Å². The summed E-state index contributed by atoms with van der Waals surface area (Å²) in [5, 5.41) is 13.1. The Balaban J connectivity index is 2.46. The predicted octanol–water partition coefficient (Wildman–Crippen LogP) is 3.68. The van der Waals surface area contributed by atoms with E-state index in [1.807, 2.05) is 20.8 Å². The zero-order valence-electron chi connectivity index (χ0n) is 13.3. The van der Waals surface area contributed by atoms with Crippen LogP contribution in [0.2, 0.25) is 0 Å². The van der Waals surface area contributed by atoms with Crippen LogP contribution in [0.5, 0.6) is 0 Å². The molecule has 0 saturated carbocycles. The zero-order valence-corrected chi connectivity index (χ0v) is 13.3. The summed E-state index contributed by atoms with van der Waals surface area (Å²) < 4.78 is 39.1. The van der Waals surface area contributed by atoms with E-state index in [1.54, 1.807) is 0 Å². The standard InChI is InChI=1S/C16H16F3N3O2/c1-15(2,3)14-10(4-7-13(23)24)9-22(21-14)12-6-5-11(8-20-12)16(17,18)19/h4-9H,1-3H3,(H,23,24)/b7-4+. The molecule has 0 unspecified atom stereocenters. The SMILES string of the molecule is CC(C)(C)c1nn(-c2ccc(C(F)(F)F)cn2)cc1/C=C/C(=O)O. The summed E-state index contributed by atoms with van der Waals surface area (Å²) >= 11 is 0. The molecule has 2 aromatic rings. The van der Waals surface area contributed by atoms with Crippen molar-refractivity contribution in [1.29, 1.82) is 0 Å². The molecular weight excluding hydrogens is 323 g/mol. The molecule has 5 nitrogen and oxygen atoms in total. The highest BCUT2D eigenvalue weighted by atomic mass is 19.4. The summed E-state index contributed by atoms with van der Waals surface area (Å²) in [7, 11) is 0. The van der Waals surface area contributed by atoms with E-state index in [2.05, 4.69) is 10.1 Å². The average molecular weight is 339 g/mol. The maximum Gasteiger partial charge on any atom is 0.417 e. The van der Waals surface area contributed by atoms with Gasteiger partial charge in [-0.3, -0.25) is 0 Å². The fraction of sp³-hybridized carbons (Fsp3) is 0.312. The Hall–Kier alpha value is -2.64. The van der Waals surface area contributed by atoms with Crippen LogP contribution in [-0.2, 0) is 16.4 Å². The number of hydrogen-bond donors (Lipinski definition) is 1. The molecule has 0 fully saturated rings. The van der Waals surface area contributed by atoms with Gasteiger partial charge in [0.15, 0.2) is 5.82 Å². The van der Waals surface area contributed by atoms with Crippen molar-refractivity contribution in [3.05, 3.63) is 47.4 Å². The smallest absolute Gasteiger partial charge is 0.417 e. The Morgan fingerprint density at radius 2 is 1.92 bits per heavy atom. The summed E-state index contributed by atoms with van der Waals surface area (Å²) in [6, 6.07) is 2.14. The number of alkyl halides is 3. The molecule has 0 radical (unpaired) electrons. The fourth-order valence-electron chi connectivity index (χ4n) is 2.06. The lowest BCUT2D eigenvalue weighted by molar-refractivity contribution is -0.137. The van der Waals surface area contributed by atoms with Gasteiger partial charge in [0.2, 0.25) is 0 Å². The topological polar surface area (TPSA) is 68.0 Å². The van der Waals surface area contributed by atoms with Crippen LogP contribution >= 0.6 is 0 Å². The minimum atomic E-state index is -4.46. The number of aromatic nitrogens is 3. The maximum absolute atomic E-state index is 12.6. The lowest BCUT2D eigenvalue weighted by Crippen LogP contribution is -2.14. The van der Waals surface area contributed by atoms with E-state index in [-0.39, 0.29) is 11.2 Å². The second kappa shape index (κ2) is 6.10. The molecule has 2 aromatic heterocycles. The Kier molecular flexibility index (Phi) is 4.50. The van der Waals surface area contributed by atoms with Crippen molar-refractivity contribution in [2.24, 2.45) is 0 Å². The van der Waals surface area contributed by atoms with Gasteiger partial charge < -0.3 is 5.11 Å². The highest BCUT2D eigenvalue weighted by molar-refractivity contribution is 5.85. The molecule has 0 aliphatic rings. The van der Waals surface area contributed by atoms with Crippen molar-refractivity contribution < 1.29 is 23.1 Å². The first-order chi connectivity index (χ1) is 11.0. The number of carboxylic acids is 1. The number of pyridine rings is 1. The third-order valence-electron chi connectivity index (χ3n) is 3.17. The van der Waals surface area contributed by atoms with Crippen molar-refractivity contribution >= 4 is 12.0 Å². The first-order valence-electron chi connectivity index (χ1n) is 7.03. The quantitative estimate of drug-likeness (QED) is 0.866. The van der Waals surface area contributed by atoms with E-state index in [0.717, 1.165) is 18.3 Å². The number of hydrogen-bond acceptors (Lipinski definition) is 3. The van der Waals surface area contributed by atoms with E-state index in [4.69, 9.17) is 5.11 Å². The molecule has 0 saturated heterocycles. The molecule has 0 bridgehead atoms. The molecule has 0 atom stereocenters. The van der Waals surface area contributed by atoms with E-state index < -0.39 is 17.7 Å². The minimum absolute atomic E-state index is 0.212. The van der Waals surface area contributed by atoms with E-state index in [9.17, 15) is 18.0 Å². The van der Waals surface area contributed by atoms with Gasteiger partial charge in [0.05, 0.1) is 11.3 Å². The first-order valence-corrected chi connectivity index (χ1v) is 7.03. The Labute approximate surface area is 136 Å². The Morgan fingerprint density at radius 1 is 1.25 bits per heavy atom. The van der Waals surface area contributed by atoms with Crippen molar-refractivity contribution in [2.75, 3.05) is 0 Å².